The lowest BCUT2D eigenvalue weighted by atomic mass is 10.0. The summed E-state index contributed by atoms with van der Waals surface area (Å²) in [5.74, 6) is -1.83. The third-order valence-electron chi connectivity index (χ3n) is 3.50. The molecule has 0 saturated heterocycles. The number of nitrogens with one attached hydrogen (secondary N) is 1. The second-order valence-corrected chi connectivity index (χ2v) is 6.07. The molecule has 1 amide bonds. The van der Waals surface area contributed by atoms with Crippen LogP contribution in [0.25, 0.3) is 0 Å². The highest BCUT2D eigenvalue weighted by molar-refractivity contribution is 9.10. The molecule has 2 N–H and O–H groups in total. The molecule has 0 bridgehead atoms. The molecule has 6 heteroatoms. The highest BCUT2D eigenvalue weighted by Gasteiger charge is 2.57. The molecule has 4 nitrogen and oxygen atoms in total. The Morgan fingerprint density at radius 1 is 1.50 bits per heavy atom. The van der Waals surface area contributed by atoms with Crippen LogP contribution in [-0.2, 0) is 16.0 Å². The van der Waals surface area contributed by atoms with E-state index in [0.717, 1.165) is 5.56 Å². The van der Waals surface area contributed by atoms with Crippen molar-refractivity contribution in [1.82, 2.24) is 5.32 Å². The van der Waals surface area contributed by atoms with E-state index in [1.807, 2.05) is 0 Å². The fourth-order valence-corrected chi connectivity index (χ4v) is 2.52. The van der Waals surface area contributed by atoms with E-state index in [0.29, 0.717) is 23.7 Å². The van der Waals surface area contributed by atoms with E-state index in [-0.39, 0.29) is 11.9 Å². The third kappa shape index (κ3) is 3.00. The highest BCUT2D eigenvalue weighted by Crippen LogP contribution is 2.46. The second kappa shape index (κ2) is 5.52. The molecule has 1 aromatic rings. The SMILES string of the molecule is CC(Cc1ccc(F)c(Br)c1)NC(=O)C1(C(=O)O)CC1. The molecule has 1 saturated carbocycles. The van der Waals surface area contributed by atoms with Crippen LogP contribution in [0.15, 0.2) is 22.7 Å². The maximum atomic E-state index is 13.1. The first-order valence-electron chi connectivity index (χ1n) is 6.33. The largest absolute Gasteiger partial charge is 0.480 e. The van der Waals surface area contributed by atoms with Crippen LogP contribution >= 0.6 is 15.9 Å². The van der Waals surface area contributed by atoms with Gasteiger partial charge in [-0.05, 0) is 59.8 Å². The number of carbonyl (C=O) groups excluding carboxylic acids is 1. The summed E-state index contributed by atoms with van der Waals surface area (Å²) in [7, 11) is 0. The van der Waals surface area contributed by atoms with Gasteiger partial charge in [0.15, 0.2) is 0 Å². The number of amides is 1. The predicted molar refractivity (Wildman–Crippen MR) is 74.7 cm³/mol. The number of hydrogen-bond donors (Lipinski definition) is 2. The van der Waals surface area contributed by atoms with Crippen LogP contribution in [0.1, 0.15) is 25.3 Å². The molecule has 0 aromatic heterocycles. The van der Waals surface area contributed by atoms with Crippen LogP contribution in [0.4, 0.5) is 4.39 Å². The number of hydrogen-bond acceptors (Lipinski definition) is 2. The number of halogens is 2. The molecule has 0 radical (unpaired) electrons. The van der Waals surface area contributed by atoms with Crippen molar-refractivity contribution in [2.45, 2.75) is 32.2 Å². The van der Waals surface area contributed by atoms with E-state index < -0.39 is 17.3 Å². The Balaban J connectivity index is 1.95. The molecule has 1 atom stereocenters. The molecule has 2 rings (SSSR count). The fraction of sp³-hybridized carbons (Fsp3) is 0.429. The van der Waals surface area contributed by atoms with Crippen molar-refractivity contribution in [3.8, 4) is 0 Å². The Hall–Kier alpha value is -1.43. The van der Waals surface area contributed by atoms with Gasteiger partial charge in [-0.15, -0.1) is 0 Å². The van der Waals surface area contributed by atoms with Crippen molar-refractivity contribution >= 4 is 27.8 Å². The first-order chi connectivity index (χ1) is 9.35. The summed E-state index contributed by atoms with van der Waals surface area (Å²) in [6.45, 7) is 1.80. The van der Waals surface area contributed by atoms with Crippen LogP contribution in [-0.4, -0.2) is 23.0 Å². The van der Waals surface area contributed by atoms with Gasteiger partial charge in [-0.3, -0.25) is 9.59 Å². The lowest BCUT2D eigenvalue weighted by Gasteiger charge is -2.17. The van der Waals surface area contributed by atoms with E-state index >= 15 is 0 Å². The van der Waals surface area contributed by atoms with Gasteiger partial charge in [-0.25, -0.2) is 4.39 Å². The quantitative estimate of drug-likeness (QED) is 0.807. The van der Waals surface area contributed by atoms with Crippen molar-refractivity contribution in [1.29, 1.82) is 0 Å². The van der Waals surface area contributed by atoms with Gasteiger partial charge in [0.1, 0.15) is 11.2 Å². The van der Waals surface area contributed by atoms with Crippen molar-refractivity contribution in [2.24, 2.45) is 5.41 Å². The van der Waals surface area contributed by atoms with E-state index in [1.165, 1.54) is 6.07 Å². The van der Waals surface area contributed by atoms with E-state index in [2.05, 4.69) is 21.2 Å². The third-order valence-corrected chi connectivity index (χ3v) is 4.11. The average molecular weight is 344 g/mol. The Labute approximate surface area is 124 Å². The molecular formula is C14H15BrFNO3. The number of aliphatic carboxylic acids is 1. The molecule has 1 aliphatic carbocycles. The van der Waals surface area contributed by atoms with Gasteiger partial charge in [-0.1, -0.05) is 6.07 Å². The Morgan fingerprint density at radius 3 is 2.65 bits per heavy atom. The predicted octanol–water partition coefficient (Wildman–Crippen LogP) is 2.50. The molecule has 0 heterocycles. The molecule has 1 aliphatic rings. The fourth-order valence-electron chi connectivity index (χ4n) is 2.10. The van der Waals surface area contributed by atoms with E-state index in [1.54, 1.807) is 19.1 Å². The van der Waals surface area contributed by atoms with Gasteiger partial charge >= 0.3 is 5.97 Å². The van der Waals surface area contributed by atoms with Gasteiger partial charge in [0, 0.05) is 6.04 Å². The van der Waals surface area contributed by atoms with Crippen LogP contribution in [0.5, 0.6) is 0 Å². The number of carboxylic acids is 1. The summed E-state index contributed by atoms with van der Waals surface area (Å²) in [5.41, 5.74) is -0.358. The first-order valence-corrected chi connectivity index (χ1v) is 7.13. The minimum atomic E-state index is -1.22. The number of carboxylic acid groups (broad SMARTS) is 1. The minimum Gasteiger partial charge on any atom is -0.480 e. The molecule has 0 aliphatic heterocycles. The Bertz CT molecular complexity index is 557. The Kier molecular flexibility index (Phi) is 4.13. The van der Waals surface area contributed by atoms with Crippen LogP contribution in [0.3, 0.4) is 0 Å². The summed E-state index contributed by atoms with van der Waals surface area (Å²) >= 11 is 3.11. The highest BCUT2D eigenvalue weighted by atomic mass is 79.9. The zero-order chi connectivity index (χ0) is 14.9. The van der Waals surface area contributed by atoms with Crippen LogP contribution in [0, 0.1) is 11.2 Å². The average Bonchev–Trinajstić information content (AvgIpc) is 3.15. The maximum Gasteiger partial charge on any atom is 0.319 e. The van der Waals surface area contributed by atoms with Gasteiger partial charge in [-0.2, -0.15) is 0 Å². The molecule has 108 valence electrons. The van der Waals surface area contributed by atoms with Crippen LogP contribution < -0.4 is 5.32 Å². The monoisotopic (exact) mass is 343 g/mol. The molecule has 20 heavy (non-hydrogen) atoms. The van der Waals surface area contributed by atoms with Gasteiger partial charge in [0.05, 0.1) is 4.47 Å². The normalized spacial score (nSPS) is 17.4. The lowest BCUT2D eigenvalue weighted by molar-refractivity contribution is -0.149. The van der Waals surface area contributed by atoms with Crippen LogP contribution in [0.2, 0.25) is 0 Å². The van der Waals surface area contributed by atoms with Gasteiger partial charge < -0.3 is 10.4 Å². The lowest BCUT2D eigenvalue weighted by Crippen LogP contribution is -2.42. The summed E-state index contributed by atoms with van der Waals surface area (Å²) in [6.07, 6.45) is 1.30. The number of rotatable bonds is 5. The molecule has 1 aromatic carbocycles. The number of carbonyl (C=O) groups is 2. The zero-order valence-corrected chi connectivity index (χ0v) is 12.5. The molecular weight excluding hydrogens is 329 g/mol. The first kappa shape index (κ1) is 15.0. The summed E-state index contributed by atoms with van der Waals surface area (Å²) < 4.78 is 13.5. The summed E-state index contributed by atoms with van der Waals surface area (Å²) in [6, 6.07) is 4.44. The molecule has 1 unspecified atom stereocenters. The topological polar surface area (TPSA) is 66.4 Å². The van der Waals surface area contributed by atoms with Crippen molar-refractivity contribution in [3.63, 3.8) is 0 Å². The van der Waals surface area contributed by atoms with Crippen molar-refractivity contribution in [3.05, 3.63) is 34.1 Å². The Morgan fingerprint density at radius 2 is 2.15 bits per heavy atom. The second-order valence-electron chi connectivity index (χ2n) is 5.21. The minimum absolute atomic E-state index is 0.211. The number of benzene rings is 1. The standard InChI is InChI=1S/C14H15BrFNO3/c1-8(6-9-2-3-11(16)10(15)7-9)17-12(18)14(4-5-14)13(19)20/h2-3,7-8H,4-6H2,1H3,(H,17,18)(H,19,20). The van der Waals surface area contributed by atoms with E-state index in [9.17, 15) is 14.0 Å². The zero-order valence-electron chi connectivity index (χ0n) is 11.0. The summed E-state index contributed by atoms with van der Waals surface area (Å²) in [5, 5.41) is 11.8. The smallest absolute Gasteiger partial charge is 0.319 e. The summed E-state index contributed by atoms with van der Waals surface area (Å²) in [4.78, 5) is 23.0. The van der Waals surface area contributed by atoms with Crippen molar-refractivity contribution in [2.75, 3.05) is 0 Å². The molecule has 1 fully saturated rings. The van der Waals surface area contributed by atoms with Gasteiger partial charge in [0.25, 0.3) is 0 Å². The molecule has 0 spiro atoms. The van der Waals surface area contributed by atoms with Gasteiger partial charge in [0.2, 0.25) is 5.91 Å². The van der Waals surface area contributed by atoms with Crippen molar-refractivity contribution < 1.29 is 19.1 Å². The maximum absolute atomic E-state index is 13.1. The van der Waals surface area contributed by atoms with E-state index in [4.69, 9.17) is 5.11 Å².